The van der Waals surface area contributed by atoms with E-state index in [2.05, 4.69) is 9.71 Å². The van der Waals surface area contributed by atoms with E-state index in [1.807, 2.05) is 13.0 Å². The summed E-state index contributed by atoms with van der Waals surface area (Å²) in [4.78, 5) is 11.1. The van der Waals surface area contributed by atoms with Crippen molar-refractivity contribution in [3.8, 4) is 0 Å². The van der Waals surface area contributed by atoms with Crippen molar-refractivity contribution >= 4 is 38.4 Å². The standard InChI is InChI=1S/C11H12N2O3S2/c1-7-3-4-9-10(5-7)18(15,16)13-11(12-9)17-6-8(2)14/h3-5H,6H2,1-2H3,(H,12,13). The molecule has 0 spiro atoms. The average Bonchev–Trinajstić information content (AvgIpc) is 2.27. The Kier molecular flexibility index (Phi) is 3.45. The van der Waals surface area contributed by atoms with E-state index in [1.54, 1.807) is 12.1 Å². The van der Waals surface area contributed by atoms with E-state index in [0.717, 1.165) is 17.3 Å². The molecule has 0 unspecified atom stereocenters. The van der Waals surface area contributed by atoms with Crippen LogP contribution in [-0.2, 0) is 14.8 Å². The van der Waals surface area contributed by atoms with Crippen LogP contribution in [0, 0.1) is 6.92 Å². The molecule has 0 amide bonds. The van der Waals surface area contributed by atoms with Crippen LogP contribution in [-0.4, -0.2) is 25.1 Å². The van der Waals surface area contributed by atoms with E-state index in [1.165, 1.54) is 6.92 Å². The van der Waals surface area contributed by atoms with E-state index >= 15 is 0 Å². The number of rotatable bonds is 2. The number of carbonyl (C=O) groups is 1. The van der Waals surface area contributed by atoms with Crippen LogP contribution in [0.25, 0.3) is 0 Å². The molecule has 0 fully saturated rings. The third kappa shape index (κ3) is 2.73. The summed E-state index contributed by atoms with van der Waals surface area (Å²) in [7, 11) is -3.67. The molecule has 0 atom stereocenters. The van der Waals surface area contributed by atoms with Crippen LogP contribution in [0.3, 0.4) is 0 Å². The van der Waals surface area contributed by atoms with Crippen molar-refractivity contribution in [2.24, 2.45) is 4.40 Å². The third-order valence-electron chi connectivity index (χ3n) is 2.27. The van der Waals surface area contributed by atoms with Gasteiger partial charge in [-0.3, -0.25) is 4.79 Å². The first-order chi connectivity index (χ1) is 8.38. The molecular weight excluding hydrogens is 272 g/mol. The van der Waals surface area contributed by atoms with Gasteiger partial charge in [0.05, 0.1) is 11.4 Å². The van der Waals surface area contributed by atoms with Gasteiger partial charge < -0.3 is 5.32 Å². The van der Waals surface area contributed by atoms with E-state index in [-0.39, 0.29) is 21.6 Å². The van der Waals surface area contributed by atoms with Crippen molar-refractivity contribution in [1.29, 1.82) is 0 Å². The molecule has 1 N–H and O–H groups in total. The van der Waals surface area contributed by atoms with Crippen molar-refractivity contribution in [3.05, 3.63) is 23.8 Å². The topological polar surface area (TPSA) is 75.6 Å². The van der Waals surface area contributed by atoms with Gasteiger partial charge >= 0.3 is 0 Å². The van der Waals surface area contributed by atoms with E-state index < -0.39 is 10.0 Å². The fraction of sp³-hybridized carbons (Fsp3) is 0.273. The number of anilines is 1. The number of fused-ring (bicyclic) bond motifs is 1. The van der Waals surface area contributed by atoms with Crippen LogP contribution in [0.2, 0.25) is 0 Å². The molecule has 0 aromatic heterocycles. The maximum atomic E-state index is 12.0. The molecule has 1 aromatic carbocycles. The van der Waals surface area contributed by atoms with Gasteiger partial charge in [0.2, 0.25) is 0 Å². The minimum atomic E-state index is -3.67. The zero-order chi connectivity index (χ0) is 13.3. The largest absolute Gasteiger partial charge is 0.333 e. The number of hydrogen-bond donors (Lipinski definition) is 1. The second-order valence-corrected chi connectivity index (χ2v) is 6.52. The highest BCUT2D eigenvalue weighted by atomic mass is 32.2. The molecule has 0 saturated heterocycles. The number of ketones is 1. The minimum Gasteiger partial charge on any atom is -0.333 e. The lowest BCUT2D eigenvalue weighted by atomic mass is 10.2. The van der Waals surface area contributed by atoms with E-state index in [0.29, 0.717) is 5.69 Å². The Morgan fingerprint density at radius 3 is 2.83 bits per heavy atom. The van der Waals surface area contributed by atoms with Crippen LogP contribution in [0.4, 0.5) is 5.69 Å². The summed E-state index contributed by atoms with van der Waals surface area (Å²) in [6, 6.07) is 5.10. The lowest BCUT2D eigenvalue weighted by Gasteiger charge is -2.17. The summed E-state index contributed by atoms with van der Waals surface area (Å²) in [6.07, 6.45) is 0. The average molecular weight is 284 g/mol. The number of amidine groups is 1. The number of nitrogens with zero attached hydrogens (tertiary/aromatic N) is 1. The maximum absolute atomic E-state index is 12.0. The van der Waals surface area contributed by atoms with Gasteiger partial charge in [0.25, 0.3) is 10.0 Å². The van der Waals surface area contributed by atoms with Crippen LogP contribution in [0.15, 0.2) is 27.5 Å². The molecule has 2 rings (SSSR count). The number of benzene rings is 1. The number of thioether (sulfide) groups is 1. The Bertz CT molecular complexity index is 636. The van der Waals surface area contributed by atoms with Crippen LogP contribution < -0.4 is 5.32 Å². The molecular formula is C11H12N2O3S2. The number of hydrogen-bond acceptors (Lipinski definition) is 5. The van der Waals surface area contributed by atoms with Gasteiger partial charge in [-0.2, -0.15) is 8.42 Å². The van der Waals surface area contributed by atoms with Crippen molar-refractivity contribution < 1.29 is 13.2 Å². The smallest absolute Gasteiger partial charge is 0.286 e. The van der Waals surface area contributed by atoms with Gasteiger partial charge in [-0.05, 0) is 31.5 Å². The highest BCUT2D eigenvalue weighted by Crippen LogP contribution is 2.30. The maximum Gasteiger partial charge on any atom is 0.286 e. The molecule has 1 heterocycles. The Balaban J connectivity index is 2.36. The van der Waals surface area contributed by atoms with Gasteiger partial charge in [-0.1, -0.05) is 17.8 Å². The summed E-state index contributed by atoms with van der Waals surface area (Å²) in [5.74, 6) is 0.166. The number of Topliss-reactive ketones (excluding diaryl/α,β-unsaturated/α-hetero) is 1. The Morgan fingerprint density at radius 2 is 2.17 bits per heavy atom. The zero-order valence-electron chi connectivity index (χ0n) is 9.93. The molecule has 7 heteroatoms. The van der Waals surface area contributed by atoms with Crippen molar-refractivity contribution in [2.75, 3.05) is 11.1 Å². The van der Waals surface area contributed by atoms with E-state index in [9.17, 15) is 13.2 Å². The summed E-state index contributed by atoms with van der Waals surface area (Å²) in [5.41, 5.74) is 1.36. The molecule has 1 aliphatic heterocycles. The highest BCUT2D eigenvalue weighted by Gasteiger charge is 2.25. The van der Waals surface area contributed by atoms with E-state index in [4.69, 9.17) is 0 Å². The summed E-state index contributed by atoms with van der Waals surface area (Å²) in [6.45, 7) is 3.27. The first kappa shape index (κ1) is 13.1. The lowest BCUT2D eigenvalue weighted by molar-refractivity contribution is -0.114. The lowest BCUT2D eigenvalue weighted by Crippen LogP contribution is -2.20. The highest BCUT2D eigenvalue weighted by molar-refractivity contribution is 8.15. The first-order valence-electron chi connectivity index (χ1n) is 5.23. The van der Waals surface area contributed by atoms with Gasteiger partial charge in [0.1, 0.15) is 10.7 Å². The Labute approximate surface area is 110 Å². The Morgan fingerprint density at radius 1 is 1.44 bits per heavy atom. The normalized spacial score (nSPS) is 16.4. The molecule has 18 heavy (non-hydrogen) atoms. The molecule has 1 aromatic rings. The van der Waals surface area contributed by atoms with Crippen molar-refractivity contribution in [1.82, 2.24) is 0 Å². The predicted molar refractivity (Wildman–Crippen MR) is 72.6 cm³/mol. The summed E-state index contributed by atoms with van der Waals surface area (Å²) in [5, 5.41) is 3.15. The fourth-order valence-corrected chi connectivity index (χ4v) is 3.60. The van der Waals surface area contributed by atoms with Gasteiger partial charge in [0.15, 0.2) is 5.17 Å². The van der Waals surface area contributed by atoms with Crippen LogP contribution in [0.1, 0.15) is 12.5 Å². The number of nitrogens with one attached hydrogen (secondary N) is 1. The third-order valence-corrected chi connectivity index (χ3v) is 4.72. The van der Waals surface area contributed by atoms with Gasteiger partial charge in [-0.15, -0.1) is 4.40 Å². The van der Waals surface area contributed by atoms with Crippen LogP contribution >= 0.6 is 11.8 Å². The molecule has 0 bridgehead atoms. The Hall–Kier alpha value is -1.34. The van der Waals surface area contributed by atoms with Crippen molar-refractivity contribution in [3.63, 3.8) is 0 Å². The quantitative estimate of drug-likeness (QED) is 0.896. The number of carbonyl (C=O) groups excluding carboxylic acids is 1. The first-order valence-corrected chi connectivity index (χ1v) is 7.66. The number of sulfonamides is 1. The molecule has 0 aliphatic carbocycles. The molecule has 96 valence electrons. The number of aryl methyl sites for hydroxylation is 1. The molecule has 5 nitrogen and oxygen atoms in total. The molecule has 0 saturated carbocycles. The summed E-state index contributed by atoms with van der Waals surface area (Å²) >= 11 is 1.09. The second-order valence-electron chi connectivity index (χ2n) is 3.99. The molecule has 1 aliphatic rings. The van der Waals surface area contributed by atoms with Gasteiger partial charge in [0, 0.05) is 0 Å². The molecule has 0 radical (unpaired) electrons. The zero-order valence-corrected chi connectivity index (χ0v) is 11.6. The predicted octanol–water partition coefficient (Wildman–Crippen LogP) is 1.79. The van der Waals surface area contributed by atoms with Gasteiger partial charge in [-0.25, -0.2) is 0 Å². The van der Waals surface area contributed by atoms with Crippen LogP contribution in [0.5, 0.6) is 0 Å². The minimum absolute atomic E-state index is 0.0309. The fourth-order valence-electron chi connectivity index (χ4n) is 1.48. The SMILES string of the molecule is CC(=O)CSC1=NS(=O)(=O)c2cc(C)ccc2N1. The summed E-state index contributed by atoms with van der Waals surface area (Å²) < 4.78 is 27.6. The van der Waals surface area contributed by atoms with Crippen molar-refractivity contribution in [2.45, 2.75) is 18.7 Å². The monoisotopic (exact) mass is 284 g/mol. The second kappa shape index (κ2) is 4.74.